The third-order valence-corrected chi connectivity index (χ3v) is 1.99. The Kier molecular flexibility index (Phi) is 2.53. The van der Waals surface area contributed by atoms with E-state index in [1.54, 1.807) is 24.6 Å². The zero-order chi connectivity index (χ0) is 10.7. The summed E-state index contributed by atoms with van der Waals surface area (Å²) in [4.78, 5) is 17.5. The zero-order valence-electron chi connectivity index (χ0n) is 7.93. The first-order chi connectivity index (χ1) is 7.25. The van der Waals surface area contributed by atoms with Gasteiger partial charge in [0.05, 0.1) is 12.7 Å². The van der Waals surface area contributed by atoms with Gasteiger partial charge in [0.2, 0.25) is 0 Å². The van der Waals surface area contributed by atoms with Gasteiger partial charge in [-0.1, -0.05) is 0 Å². The molecule has 0 radical (unpaired) electrons. The Morgan fingerprint density at radius 3 is 3.13 bits per heavy atom. The molecule has 0 aliphatic carbocycles. The summed E-state index contributed by atoms with van der Waals surface area (Å²) in [5, 5.41) is 8.51. The van der Waals surface area contributed by atoms with E-state index in [0.29, 0.717) is 18.0 Å². The van der Waals surface area contributed by atoms with Crippen LogP contribution in [0.2, 0.25) is 0 Å². The first kappa shape index (κ1) is 9.51. The van der Waals surface area contributed by atoms with E-state index in [-0.39, 0.29) is 6.42 Å². The maximum atomic E-state index is 10.4. The lowest BCUT2D eigenvalue weighted by Gasteiger charge is -1.92. The third-order valence-electron chi connectivity index (χ3n) is 1.99. The predicted octanol–water partition coefficient (Wildman–Crippen LogP) is 1.69. The maximum absolute atomic E-state index is 10.4. The number of hydrogen-bond acceptors (Lipinski definition) is 3. The Balaban J connectivity index is 2.08. The molecule has 0 fully saturated rings. The maximum Gasteiger partial charge on any atom is 0.303 e. The summed E-state index contributed by atoms with van der Waals surface area (Å²) in [6, 6.07) is 3.56. The Labute approximate surface area is 85.8 Å². The van der Waals surface area contributed by atoms with Crippen LogP contribution in [0.1, 0.15) is 12.1 Å². The van der Waals surface area contributed by atoms with Crippen molar-refractivity contribution in [1.29, 1.82) is 0 Å². The molecule has 0 spiro atoms. The number of carboxylic acid groups (broad SMARTS) is 1. The number of carboxylic acids is 1. The van der Waals surface area contributed by atoms with E-state index in [9.17, 15) is 4.79 Å². The SMILES string of the molecule is O=C(O)CCc1cnc(-c2ccco2)[nH]1. The topological polar surface area (TPSA) is 79.1 Å². The average Bonchev–Trinajstić information content (AvgIpc) is 2.85. The second-order valence-corrected chi connectivity index (χ2v) is 3.13. The highest BCUT2D eigenvalue weighted by Gasteiger charge is 2.06. The standard InChI is InChI=1S/C10H10N2O3/c13-9(14)4-3-7-6-11-10(12-7)8-2-1-5-15-8/h1-2,5-6H,3-4H2,(H,11,12)(H,13,14). The van der Waals surface area contributed by atoms with Gasteiger partial charge in [-0.15, -0.1) is 0 Å². The van der Waals surface area contributed by atoms with Crippen molar-refractivity contribution in [3.05, 3.63) is 30.3 Å². The molecule has 0 aliphatic heterocycles. The van der Waals surface area contributed by atoms with Crippen molar-refractivity contribution in [2.24, 2.45) is 0 Å². The lowest BCUT2D eigenvalue weighted by atomic mass is 10.2. The van der Waals surface area contributed by atoms with E-state index < -0.39 is 5.97 Å². The number of nitrogens with one attached hydrogen (secondary N) is 1. The van der Waals surface area contributed by atoms with Gasteiger partial charge in [0, 0.05) is 11.9 Å². The van der Waals surface area contributed by atoms with Crippen molar-refractivity contribution in [3.8, 4) is 11.6 Å². The summed E-state index contributed by atoms with van der Waals surface area (Å²) in [5.74, 6) is 0.459. The molecule has 0 saturated heterocycles. The van der Waals surface area contributed by atoms with Crippen molar-refractivity contribution >= 4 is 5.97 Å². The summed E-state index contributed by atoms with van der Waals surface area (Å²) in [5.41, 5.74) is 0.795. The minimum absolute atomic E-state index is 0.0970. The van der Waals surface area contributed by atoms with Crippen LogP contribution in [0.3, 0.4) is 0 Å². The smallest absolute Gasteiger partial charge is 0.303 e. The van der Waals surface area contributed by atoms with Crippen LogP contribution in [0.5, 0.6) is 0 Å². The number of nitrogens with zero attached hydrogens (tertiary/aromatic N) is 1. The van der Waals surface area contributed by atoms with E-state index in [4.69, 9.17) is 9.52 Å². The number of H-pyrrole nitrogens is 1. The van der Waals surface area contributed by atoms with Gasteiger partial charge >= 0.3 is 5.97 Å². The molecule has 15 heavy (non-hydrogen) atoms. The van der Waals surface area contributed by atoms with Gasteiger partial charge < -0.3 is 14.5 Å². The molecule has 0 saturated carbocycles. The number of imidazole rings is 1. The number of hydrogen-bond donors (Lipinski definition) is 2. The van der Waals surface area contributed by atoms with Gasteiger partial charge in [0.15, 0.2) is 11.6 Å². The van der Waals surface area contributed by atoms with Crippen LogP contribution in [0.25, 0.3) is 11.6 Å². The highest BCUT2D eigenvalue weighted by molar-refractivity contribution is 5.67. The fraction of sp³-hybridized carbons (Fsp3) is 0.200. The quantitative estimate of drug-likeness (QED) is 0.797. The van der Waals surface area contributed by atoms with E-state index in [1.165, 1.54) is 0 Å². The molecule has 0 unspecified atom stereocenters. The van der Waals surface area contributed by atoms with Crippen LogP contribution >= 0.6 is 0 Å². The predicted molar refractivity (Wildman–Crippen MR) is 52.2 cm³/mol. The van der Waals surface area contributed by atoms with Crippen LogP contribution < -0.4 is 0 Å². The Bertz CT molecular complexity index is 445. The number of aromatic nitrogens is 2. The molecule has 0 atom stereocenters. The fourth-order valence-electron chi connectivity index (χ4n) is 1.27. The molecule has 0 amide bonds. The van der Waals surface area contributed by atoms with Crippen LogP contribution in [0.15, 0.2) is 29.0 Å². The third kappa shape index (κ3) is 2.25. The molecular weight excluding hydrogens is 196 g/mol. The molecule has 2 heterocycles. The fourth-order valence-corrected chi connectivity index (χ4v) is 1.27. The molecule has 5 nitrogen and oxygen atoms in total. The summed E-state index contributed by atoms with van der Waals surface area (Å²) in [6.45, 7) is 0. The highest BCUT2D eigenvalue weighted by atomic mass is 16.4. The minimum Gasteiger partial charge on any atom is -0.481 e. The normalized spacial score (nSPS) is 10.4. The first-order valence-electron chi connectivity index (χ1n) is 4.55. The van der Waals surface area contributed by atoms with Crippen molar-refractivity contribution < 1.29 is 14.3 Å². The van der Waals surface area contributed by atoms with Gasteiger partial charge in [-0.25, -0.2) is 4.98 Å². The molecular formula is C10H10N2O3. The van der Waals surface area contributed by atoms with E-state index in [2.05, 4.69) is 9.97 Å². The minimum atomic E-state index is -0.816. The highest BCUT2D eigenvalue weighted by Crippen LogP contribution is 2.16. The van der Waals surface area contributed by atoms with Crippen molar-refractivity contribution in [2.75, 3.05) is 0 Å². The lowest BCUT2D eigenvalue weighted by Crippen LogP contribution is -1.97. The number of furan rings is 1. The van der Waals surface area contributed by atoms with E-state index in [0.717, 1.165) is 5.69 Å². The van der Waals surface area contributed by atoms with Crippen molar-refractivity contribution in [1.82, 2.24) is 9.97 Å². The number of carbonyl (C=O) groups is 1. The zero-order valence-corrected chi connectivity index (χ0v) is 7.93. The number of aliphatic carboxylic acids is 1. The van der Waals surface area contributed by atoms with Crippen molar-refractivity contribution in [3.63, 3.8) is 0 Å². The van der Waals surface area contributed by atoms with Crippen molar-refractivity contribution in [2.45, 2.75) is 12.8 Å². The average molecular weight is 206 g/mol. The molecule has 0 aromatic carbocycles. The van der Waals surface area contributed by atoms with Gasteiger partial charge in [-0.3, -0.25) is 4.79 Å². The van der Waals surface area contributed by atoms with Gasteiger partial charge in [0.1, 0.15) is 0 Å². The second kappa shape index (κ2) is 4.00. The monoisotopic (exact) mass is 206 g/mol. The van der Waals surface area contributed by atoms with E-state index in [1.807, 2.05) is 0 Å². The number of aryl methyl sites for hydroxylation is 1. The molecule has 5 heteroatoms. The molecule has 2 N–H and O–H groups in total. The molecule has 2 aromatic heterocycles. The Morgan fingerprint density at radius 2 is 2.47 bits per heavy atom. The van der Waals surface area contributed by atoms with Gasteiger partial charge in [-0.05, 0) is 18.6 Å². The molecule has 0 aliphatic rings. The van der Waals surface area contributed by atoms with Gasteiger partial charge in [0.25, 0.3) is 0 Å². The lowest BCUT2D eigenvalue weighted by molar-refractivity contribution is -0.136. The summed E-state index contributed by atoms with van der Waals surface area (Å²) in [6.07, 6.45) is 3.73. The Hall–Kier alpha value is -2.04. The largest absolute Gasteiger partial charge is 0.481 e. The van der Waals surface area contributed by atoms with Crippen LogP contribution in [-0.4, -0.2) is 21.0 Å². The summed E-state index contributed by atoms with van der Waals surface area (Å²) >= 11 is 0. The summed E-state index contributed by atoms with van der Waals surface area (Å²) in [7, 11) is 0. The first-order valence-corrected chi connectivity index (χ1v) is 4.55. The van der Waals surface area contributed by atoms with Crippen LogP contribution in [0.4, 0.5) is 0 Å². The number of rotatable bonds is 4. The van der Waals surface area contributed by atoms with Crippen LogP contribution in [0, 0.1) is 0 Å². The summed E-state index contributed by atoms with van der Waals surface area (Å²) < 4.78 is 5.15. The molecule has 2 rings (SSSR count). The molecule has 2 aromatic rings. The van der Waals surface area contributed by atoms with Gasteiger partial charge in [-0.2, -0.15) is 0 Å². The molecule has 0 bridgehead atoms. The molecule has 78 valence electrons. The van der Waals surface area contributed by atoms with Crippen LogP contribution in [-0.2, 0) is 11.2 Å². The second-order valence-electron chi connectivity index (χ2n) is 3.13. The number of aromatic amines is 1. The van der Waals surface area contributed by atoms with E-state index >= 15 is 0 Å². The Morgan fingerprint density at radius 1 is 1.60 bits per heavy atom.